The van der Waals surface area contributed by atoms with Crippen LogP contribution in [0.4, 0.5) is 5.69 Å². The van der Waals surface area contributed by atoms with Gasteiger partial charge in [-0.25, -0.2) is 8.42 Å². The van der Waals surface area contributed by atoms with Crippen LogP contribution < -0.4 is 5.32 Å². The quantitative estimate of drug-likeness (QED) is 0.629. The van der Waals surface area contributed by atoms with Crippen molar-refractivity contribution in [3.63, 3.8) is 0 Å². The molecule has 4 rings (SSSR count). The highest BCUT2D eigenvalue weighted by atomic mass is 32.2. The maximum absolute atomic E-state index is 12.9. The van der Waals surface area contributed by atoms with Gasteiger partial charge in [0.25, 0.3) is 0 Å². The summed E-state index contributed by atoms with van der Waals surface area (Å²) in [4.78, 5) is 12.9. The van der Waals surface area contributed by atoms with E-state index in [0.717, 1.165) is 5.56 Å². The highest BCUT2D eigenvalue weighted by Gasteiger charge is 2.34. The van der Waals surface area contributed by atoms with Crippen LogP contribution in [0.15, 0.2) is 53.9 Å². The molecule has 0 saturated carbocycles. The van der Waals surface area contributed by atoms with E-state index in [9.17, 15) is 13.2 Å². The van der Waals surface area contributed by atoms with E-state index in [1.165, 1.54) is 26.9 Å². The molecule has 1 aliphatic heterocycles. The molecule has 0 radical (unpaired) electrons. The maximum Gasteiger partial charge on any atom is 0.246 e. The monoisotopic (exact) mass is 442 g/mol. The third kappa shape index (κ3) is 4.86. The average molecular weight is 443 g/mol. The topological polar surface area (TPSA) is 102 Å². The largest absolute Gasteiger partial charge is 0.323 e. The van der Waals surface area contributed by atoms with Crippen molar-refractivity contribution in [3.05, 3.63) is 60.2 Å². The molecule has 9 nitrogen and oxygen atoms in total. The summed E-state index contributed by atoms with van der Waals surface area (Å²) in [6.45, 7) is 3.20. The van der Waals surface area contributed by atoms with Crippen molar-refractivity contribution < 1.29 is 13.2 Å². The number of sulfonamides is 1. The Morgan fingerprint density at radius 2 is 1.94 bits per heavy atom. The highest BCUT2D eigenvalue weighted by molar-refractivity contribution is 7.89. The maximum atomic E-state index is 12.9. The van der Waals surface area contributed by atoms with Gasteiger partial charge in [-0.2, -0.15) is 14.5 Å². The minimum Gasteiger partial charge on any atom is -0.323 e. The molecule has 1 amide bonds. The van der Waals surface area contributed by atoms with Crippen molar-refractivity contribution in [2.24, 2.45) is 13.0 Å². The number of anilines is 1. The standard InChI is InChI=1S/C21H26N6O3S/c1-16-5-7-17(8-6-16)12-26-14-19(10-23-26)24-21(28)18-4-3-9-27(13-18)31(29,30)20-11-22-25(2)15-20/h5-8,10-11,14-15,18H,3-4,9,12-13H2,1-2H3,(H,24,28)/t18-/m0/s1. The van der Waals surface area contributed by atoms with E-state index in [2.05, 4.69) is 39.8 Å². The summed E-state index contributed by atoms with van der Waals surface area (Å²) in [5, 5.41) is 11.1. The number of nitrogens with zero attached hydrogens (tertiary/aromatic N) is 5. The van der Waals surface area contributed by atoms with Crippen molar-refractivity contribution in [1.82, 2.24) is 23.9 Å². The van der Waals surface area contributed by atoms with Crippen molar-refractivity contribution in [3.8, 4) is 0 Å². The van der Waals surface area contributed by atoms with Gasteiger partial charge in [-0.1, -0.05) is 29.8 Å². The fraction of sp³-hybridized carbons (Fsp3) is 0.381. The van der Waals surface area contributed by atoms with E-state index in [1.807, 2.05) is 6.92 Å². The number of hydrogen-bond acceptors (Lipinski definition) is 5. The summed E-state index contributed by atoms with van der Waals surface area (Å²) >= 11 is 0. The van der Waals surface area contributed by atoms with Gasteiger partial charge in [0.1, 0.15) is 4.90 Å². The molecule has 10 heteroatoms. The second kappa shape index (κ2) is 8.64. The summed E-state index contributed by atoms with van der Waals surface area (Å²) < 4.78 is 30.3. The van der Waals surface area contributed by atoms with E-state index in [-0.39, 0.29) is 17.3 Å². The van der Waals surface area contributed by atoms with Gasteiger partial charge in [-0.3, -0.25) is 14.2 Å². The zero-order chi connectivity index (χ0) is 22.0. The van der Waals surface area contributed by atoms with Crippen LogP contribution in [0.3, 0.4) is 0 Å². The van der Waals surface area contributed by atoms with E-state index < -0.39 is 15.9 Å². The molecule has 1 atom stereocenters. The molecule has 0 spiro atoms. The number of carbonyl (C=O) groups is 1. The number of piperidine rings is 1. The second-order valence-corrected chi connectivity index (χ2v) is 9.89. The lowest BCUT2D eigenvalue weighted by atomic mass is 9.99. The molecule has 31 heavy (non-hydrogen) atoms. The molecular formula is C21H26N6O3S. The predicted octanol–water partition coefficient (Wildman–Crippen LogP) is 2.01. The lowest BCUT2D eigenvalue weighted by Gasteiger charge is -2.30. The minimum atomic E-state index is -3.66. The van der Waals surface area contributed by atoms with E-state index >= 15 is 0 Å². The number of amides is 1. The predicted molar refractivity (Wildman–Crippen MR) is 116 cm³/mol. The molecule has 1 saturated heterocycles. The Morgan fingerprint density at radius 1 is 1.16 bits per heavy atom. The van der Waals surface area contributed by atoms with Gasteiger partial charge in [-0.05, 0) is 25.3 Å². The van der Waals surface area contributed by atoms with Crippen molar-refractivity contribution >= 4 is 21.6 Å². The van der Waals surface area contributed by atoms with Gasteiger partial charge >= 0.3 is 0 Å². The summed E-state index contributed by atoms with van der Waals surface area (Å²) in [5.74, 6) is -0.610. The van der Waals surface area contributed by atoms with Crippen LogP contribution in [0.25, 0.3) is 0 Å². The zero-order valence-electron chi connectivity index (χ0n) is 17.6. The molecule has 1 aliphatic rings. The third-order valence-electron chi connectivity index (χ3n) is 5.44. The van der Waals surface area contributed by atoms with Crippen LogP contribution in [-0.4, -0.2) is 51.3 Å². The molecule has 3 heterocycles. The number of rotatable bonds is 6. The van der Waals surface area contributed by atoms with Gasteiger partial charge < -0.3 is 5.32 Å². The molecule has 164 valence electrons. The third-order valence-corrected chi connectivity index (χ3v) is 7.26. The van der Waals surface area contributed by atoms with Crippen molar-refractivity contribution in [2.45, 2.75) is 31.2 Å². The fourth-order valence-corrected chi connectivity index (χ4v) is 5.21. The Bertz CT molecular complexity index is 1170. The number of carbonyl (C=O) groups excluding carboxylic acids is 1. The molecule has 1 aromatic carbocycles. The number of nitrogens with one attached hydrogen (secondary N) is 1. The molecule has 0 aliphatic carbocycles. The first-order valence-corrected chi connectivity index (χ1v) is 11.6. The lowest BCUT2D eigenvalue weighted by Crippen LogP contribution is -2.43. The Hall–Kier alpha value is -2.98. The Morgan fingerprint density at radius 3 is 2.65 bits per heavy atom. The van der Waals surface area contributed by atoms with E-state index in [1.54, 1.807) is 24.1 Å². The van der Waals surface area contributed by atoms with Gasteiger partial charge in [-0.15, -0.1) is 0 Å². The molecule has 0 bridgehead atoms. The minimum absolute atomic E-state index is 0.147. The smallest absolute Gasteiger partial charge is 0.246 e. The van der Waals surface area contributed by atoms with Crippen molar-refractivity contribution in [2.75, 3.05) is 18.4 Å². The van der Waals surface area contributed by atoms with Gasteiger partial charge in [0.15, 0.2) is 0 Å². The SMILES string of the molecule is Cc1ccc(Cn2cc(NC(=O)[C@H]3CCCN(S(=O)(=O)c4cnn(C)c4)C3)cn2)cc1. The molecule has 1 N–H and O–H groups in total. The van der Waals surface area contributed by atoms with E-state index in [0.29, 0.717) is 31.6 Å². The molecule has 3 aromatic rings. The number of aryl methyl sites for hydroxylation is 2. The normalized spacial score (nSPS) is 17.5. The first-order chi connectivity index (χ1) is 14.8. The van der Waals surface area contributed by atoms with Crippen LogP contribution in [0.1, 0.15) is 24.0 Å². The van der Waals surface area contributed by atoms with Gasteiger partial charge in [0.05, 0.1) is 30.5 Å². The number of benzene rings is 1. The first-order valence-electron chi connectivity index (χ1n) is 10.2. The van der Waals surface area contributed by atoms with Crippen molar-refractivity contribution in [1.29, 1.82) is 0 Å². The summed E-state index contributed by atoms with van der Waals surface area (Å²) in [7, 11) is -1.99. The fourth-order valence-electron chi connectivity index (χ4n) is 3.70. The number of hydrogen-bond donors (Lipinski definition) is 1. The van der Waals surface area contributed by atoms with Gasteiger partial charge in [0.2, 0.25) is 15.9 Å². The Balaban J connectivity index is 1.38. The molecular weight excluding hydrogens is 416 g/mol. The van der Waals surface area contributed by atoms with Gasteiger partial charge in [0, 0.05) is 32.5 Å². The summed E-state index contributed by atoms with van der Waals surface area (Å²) in [5.41, 5.74) is 2.92. The zero-order valence-corrected chi connectivity index (χ0v) is 18.4. The van der Waals surface area contributed by atoms with Crippen LogP contribution in [-0.2, 0) is 28.4 Å². The molecule has 2 aromatic heterocycles. The molecule has 1 fully saturated rings. The summed E-state index contributed by atoms with van der Waals surface area (Å²) in [6, 6.07) is 8.20. The lowest BCUT2D eigenvalue weighted by molar-refractivity contribution is -0.120. The van der Waals surface area contributed by atoms with Crippen LogP contribution in [0, 0.1) is 12.8 Å². The Kier molecular flexibility index (Phi) is 5.92. The highest BCUT2D eigenvalue weighted by Crippen LogP contribution is 2.24. The van der Waals surface area contributed by atoms with Crippen LogP contribution in [0.2, 0.25) is 0 Å². The first kappa shape index (κ1) is 21.3. The van der Waals surface area contributed by atoms with Crippen LogP contribution in [0.5, 0.6) is 0 Å². The Labute approximate surface area is 181 Å². The number of aromatic nitrogens is 4. The molecule has 0 unspecified atom stereocenters. The van der Waals surface area contributed by atoms with E-state index in [4.69, 9.17) is 0 Å². The average Bonchev–Trinajstić information content (AvgIpc) is 3.39. The second-order valence-electron chi connectivity index (χ2n) is 7.95. The summed E-state index contributed by atoms with van der Waals surface area (Å²) in [6.07, 6.45) is 7.47. The van der Waals surface area contributed by atoms with Crippen LogP contribution >= 0.6 is 0 Å².